The molecule has 1 aromatic carbocycles. The molecule has 7 heteroatoms. The van der Waals surface area contributed by atoms with Crippen LogP contribution in [-0.4, -0.2) is 42.8 Å². The second kappa shape index (κ2) is 7.01. The number of hydrogen-bond acceptors (Lipinski definition) is 4. The first-order chi connectivity index (χ1) is 16.1. The highest BCUT2D eigenvalue weighted by Gasteiger charge is 2.68. The Hall–Kier alpha value is -2.51. The van der Waals surface area contributed by atoms with Crippen molar-refractivity contribution < 1.29 is 24.5 Å². The molecule has 4 aliphatic rings. The molecule has 0 amide bonds. The zero-order valence-electron chi connectivity index (χ0n) is 19.5. The highest BCUT2D eigenvalue weighted by Crippen LogP contribution is 2.67. The largest absolute Gasteiger partial charge is 0.479 e. The molecule has 3 N–H and O–H groups in total. The van der Waals surface area contributed by atoms with Gasteiger partial charge < -0.3 is 15.3 Å². The van der Waals surface area contributed by atoms with E-state index in [2.05, 4.69) is 18.1 Å². The van der Waals surface area contributed by atoms with Gasteiger partial charge in [0.1, 0.15) is 5.82 Å². The van der Waals surface area contributed by atoms with Crippen LogP contribution in [0.1, 0.15) is 57.2 Å². The molecule has 4 aliphatic carbocycles. The number of hydrogen-bond donors (Lipinski definition) is 3. The number of aliphatic hydroxyl groups is 2. The van der Waals surface area contributed by atoms with Gasteiger partial charge in [0.15, 0.2) is 5.60 Å². The molecule has 0 radical (unpaired) electrons. The fraction of sp³-hybridized carbons (Fsp3) is 0.556. The van der Waals surface area contributed by atoms with Crippen LogP contribution in [0, 0.1) is 34.4 Å². The number of aliphatic carboxylic acids is 1. The maximum atomic E-state index is 13.4. The summed E-state index contributed by atoms with van der Waals surface area (Å²) in [5.74, 6) is -1.21. The van der Waals surface area contributed by atoms with Crippen LogP contribution in [0.3, 0.4) is 0 Å². The minimum Gasteiger partial charge on any atom is -0.479 e. The van der Waals surface area contributed by atoms with E-state index in [1.807, 2.05) is 17.8 Å². The van der Waals surface area contributed by atoms with Gasteiger partial charge in [0.05, 0.1) is 23.7 Å². The first-order valence-electron chi connectivity index (χ1n) is 12.3. The van der Waals surface area contributed by atoms with Crippen molar-refractivity contribution in [1.82, 2.24) is 9.78 Å². The van der Waals surface area contributed by atoms with Gasteiger partial charge in [-0.15, -0.1) is 0 Å². The van der Waals surface area contributed by atoms with Crippen LogP contribution < -0.4 is 0 Å². The highest BCUT2D eigenvalue weighted by molar-refractivity contribution is 5.79. The normalized spacial score (nSPS) is 40.6. The molecule has 3 fully saturated rings. The third-order valence-electron chi connectivity index (χ3n) is 10.0. The zero-order valence-corrected chi connectivity index (χ0v) is 19.5. The average Bonchev–Trinajstić information content (AvgIpc) is 3.30. The van der Waals surface area contributed by atoms with Crippen molar-refractivity contribution in [3.8, 4) is 5.69 Å². The molecular weight excluding hydrogens is 435 g/mol. The van der Waals surface area contributed by atoms with Crippen molar-refractivity contribution in [2.24, 2.45) is 28.6 Å². The van der Waals surface area contributed by atoms with Gasteiger partial charge in [-0.25, -0.2) is 13.9 Å². The quantitative estimate of drug-likeness (QED) is 0.622. The summed E-state index contributed by atoms with van der Waals surface area (Å²) in [5, 5.41) is 37.1. The Labute approximate surface area is 198 Å². The number of aromatic nitrogens is 2. The van der Waals surface area contributed by atoms with Gasteiger partial charge in [0.25, 0.3) is 0 Å². The van der Waals surface area contributed by atoms with E-state index in [-0.39, 0.29) is 35.4 Å². The number of fused-ring (bicyclic) bond motifs is 6. The standard InChI is InChI=1S/C27H31FN2O4/c1-25-12-15-14-29-30(18-6-4-17(28)5-7-18)21(15)11-16(25)3-8-19-20-9-10-27(34,24(32)33)26(20,2)13-22(31)23(19)25/h4-7,11,14,19-20,22-23,31,34H,3,8-10,12-13H2,1-2H3,(H,32,33)/t19?,20-,22?,23+,25?,26?,27?/m0/s1. The van der Waals surface area contributed by atoms with Gasteiger partial charge in [-0.3, -0.25) is 0 Å². The van der Waals surface area contributed by atoms with E-state index in [0.29, 0.717) is 12.8 Å². The Morgan fingerprint density at radius 2 is 1.94 bits per heavy atom. The summed E-state index contributed by atoms with van der Waals surface area (Å²) >= 11 is 0. The van der Waals surface area contributed by atoms with E-state index in [1.165, 1.54) is 17.7 Å². The van der Waals surface area contributed by atoms with E-state index in [4.69, 9.17) is 0 Å². The SMILES string of the molecule is CC12Cc3cnn(-c4ccc(F)cc4)c3C=C1CCC1[C@@H]2C(O)CC2(C)[C@H]1CCC2(O)C(=O)O. The van der Waals surface area contributed by atoms with Crippen molar-refractivity contribution in [3.05, 3.63) is 53.1 Å². The topological polar surface area (TPSA) is 95.6 Å². The number of carboxylic acids is 1. The number of carboxylic acid groups (broad SMARTS) is 1. The van der Waals surface area contributed by atoms with Crippen LogP contribution in [0.25, 0.3) is 11.8 Å². The van der Waals surface area contributed by atoms with Gasteiger partial charge in [-0.1, -0.05) is 19.4 Å². The predicted molar refractivity (Wildman–Crippen MR) is 124 cm³/mol. The summed E-state index contributed by atoms with van der Waals surface area (Å²) in [7, 11) is 0. The molecule has 1 aromatic heterocycles. The summed E-state index contributed by atoms with van der Waals surface area (Å²) in [4.78, 5) is 12.0. The smallest absolute Gasteiger partial charge is 0.336 e. The molecule has 0 spiro atoms. The molecule has 2 aromatic rings. The fourth-order valence-electron chi connectivity index (χ4n) is 8.33. The van der Waals surface area contributed by atoms with Crippen molar-refractivity contribution in [2.45, 2.75) is 64.1 Å². The van der Waals surface area contributed by atoms with Crippen LogP contribution >= 0.6 is 0 Å². The lowest BCUT2D eigenvalue weighted by atomic mass is 9.45. The number of nitrogens with zero attached hydrogens (tertiary/aromatic N) is 2. The molecule has 1 heterocycles. The van der Waals surface area contributed by atoms with Gasteiger partial charge in [0.2, 0.25) is 0 Å². The van der Waals surface area contributed by atoms with Crippen molar-refractivity contribution in [3.63, 3.8) is 0 Å². The molecule has 0 saturated heterocycles. The Kier molecular flexibility index (Phi) is 4.53. The van der Waals surface area contributed by atoms with Crippen LogP contribution in [0.2, 0.25) is 0 Å². The molecule has 34 heavy (non-hydrogen) atoms. The molecule has 0 aliphatic heterocycles. The first kappa shape index (κ1) is 22.0. The Bertz CT molecular complexity index is 1210. The monoisotopic (exact) mass is 466 g/mol. The maximum Gasteiger partial charge on any atom is 0.336 e. The number of aliphatic hydroxyl groups excluding tert-OH is 1. The van der Waals surface area contributed by atoms with Gasteiger partial charge in [0, 0.05) is 5.41 Å². The van der Waals surface area contributed by atoms with Gasteiger partial charge in [-0.2, -0.15) is 5.10 Å². The molecule has 7 atom stereocenters. The lowest BCUT2D eigenvalue weighted by Crippen LogP contribution is -2.61. The molecule has 6 nitrogen and oxygen atoms in total. The summed E-state index contributed by atoms with van der Waals surface area (Å²) in [6, 6.07) is 6.32. The maximum absolute atomic E-state index is 13.4. The molecule has 3 saturated carbocycles. The summed E-state index contributed by atoms with van der Waals surface area (Å²) in [5.41, 5.74) is 1.35. The zero-order chi connectivity index (χ0) is 24.0. The molecule has 180 valence electrons. The number of carbonyl (C=O) groups is 1. The second-order valence-electron chi connectivity index (χ2n) is 11.4. The molecule has 6 rings (SSSR count). The van der Waals surface area contributed by atoms with E-state index in [0.717, 1.165) is 36.2 Å². The minimum atomic E-state index is -1.78. The van der Waals surface area contributed by atoms with E-state index in [9.17, 15) is 24.5 Å². The minimum absolute atomic E-state index is 0.00374. The van der Waals surface area contributed by atoms with Crippen molar-refractivity contribution in [1.29, 1.82) is 0 Å². The van der Waals surface area contributed by atoms with Crippen LogP contribution in [0.4, 0.5) is 4.39 Å². The number of halogens is 1. The van der Waals surface area contributed by atoms with Gasteiger partial charge >= 0.3 is 5.97 Å². The average molecular weight is 467 g/mol. The predicted octanol–water partition coefficient (Wildman–Crippen LogP) is 3.98. The molecular formula is C27H31FN2O4. The fourth-order valence-corrected chi connectivity index (χ4v) is 8.33. The summed E-state index contributed by atoms with van der Waals surface area (Å²) in [6.07, 6.45) is 7.11. The molecule has 0 bridgehead atoms. The van der Waals surface area contributed by atoms with E-state index >= 15 is 0 Å². The summed E-state index contributed by atoms with van der Waals surface area (Å²) < 4.78 is 15.3. The van der Waals surface area contributed by atoms with Gasteiger partial charge in [-0.05, 0) is 97.6 Å². The Morgan fingerprint density at radius 1 is 1.21 bits per heavy atom. The van der Waals surface area contributed by atoms with E-state index < -0.39 is 23.1 Å². The first-order valence-corrected chi connectivity index (χ1v) is 12.3. The Balaban J connectivity index is 1.38. The lowest BCUT2D eigenvalue weighted by Gasteiger charge is -2.60. The van der Waals surface area contributed by atoms with Crippen LogP contribution in [0.15, 0.2) is 36.0 Å². The van der Waals surface area contributed by atoms with E-state index in [1.54, 1.807) is 12.1 Å². The van der Waals surface area contributed by atoms with Crippen LogP contribution in [0.5, 0.6) is 0 Å². The number of allylic oxidation sites excluding steroid dienone is 1. The number of benzene rings is 1. The molecule has 5 unspecified atom stereocenters. The summed E-state index contributed by atoms with van der Waals surface area (Å²) in [6.45, 7) is 4.11. The van der Waals surface area contributed by atoms with Crippen molar-refractivity contribution in [2.75, 3.05) is 0 Å². The third-order valence-corrected chi connectivity index (χ3v) is 10.0. The third kappa shape index (κ3) is 2.68. The lowest BCUT2D eigenvalue weighted by molar-refractivity contribution is -0.193. The Morgan fingerprint density at radius 3 is 2.65 bits per heavy atom. The number of rotatable bonds is 2. The van der Waals surface area contributed by atoms with Crippen molar-refractivity contribution >= 4 is 12.0 Å². The highest BCUT2D eigenvalue weighted by atomic mass is 19.1. The van der Waals surface area contributed by atoms with Crippen LogP contribution in [-0.2, 0) is 11.2 Å². The second-order valence-corrected chi connectivity index (χ2v) is 11.4.